The molecular formula is C11H13N3O2. The Morgan fingerprint density at radius 2 is 2.38 bits per heavy atom. The molecule has 0 fully saturated rings. The zero-order chi connectivity index (χ0) is 11.8. The monoisotopic (exact) mass is 219 g/mol. The number of carbonyl (C=O) groups is 1. The number of methoxy groups -OCH3 is 1. The molecule has 0 heterocycles. The molecule has 2 amide bonds. The van der Waals surface area contributed by atoms with Gasteiger partial charge in [0.25, 0.3) is 0 Å². The molecule has 0 saturated carbocycles. The smallest absolute Gasteiger partial charge is 0.319 e. The Labute approximate surface area is 94.0 Å². The number of anilines is 1. The Bertz CT molecular complexity index is 398. The maximum Gasteiger partial charge on any atom is 0.319 e. The molecule has 0 radical (unpaired) electrons. The Balaban J connectivity index is 2.46. The first-order chi connectivity index (χ1) is 7.76. The number of benzene rings is 1. The molecule has 0 aromatic heterocycles. The van der Waals surface area contributed by atoms with Crippen LogP contribution in [0.4, 0.5) is 10.5 Å². The number of nitriles is 1. The summed E-state index contributed by atoms with van der Waals surface area (Å²) in [6.07, 6.45) is 0.297. The first-order valence-corrected chi connectivity index (χ1v) is 4.82. The maximum absolute atomic E-state index is 11.3. The van der Waals surface area contributed by atoms with E-state index in [4.69, 9.17) is 10.00 Å². The molecule has 0 aliphatic rings. The molecule has 0 bridgehead atoms. The summed E-state index contributed by atoms with van der Waals surface area (Å²) in [5.74, 6) is 0.676. The van der Waals surface area contributed by atoms with Gasteiger partial charge >= 0.3 is 6.03 Å². The predicted octanol–water partition coefficient (Wildman–Crippen LogP) is 1.73. The third kappa shape index (κ3) is 3.88. The lowest BCUT2D eigenvalue weighted by Crippen LogP contribution is -2.29. The quantitative estimate of drug-likeness (QED) is 0.757. The number of rotatable bonds is 4. The molecule has 0 saturated heterocycles. The van der Waals surface area contributed by atoms with Crippen LogP contribution >= 0.6 is 0 Å². The van der Waals surface area contributed by atoms with Crippen LogP contribution in [-0.2, 0) is 0 Å². The third-order valence-corrected chi connectivity index (χ3v) is 1.85. The maximum atomic E-state index is 11.3. The molecule has 0 aliphatic heterocycles. The van der Waals surface area contributed by atoms with Crippen LogP contribution in [0.25, 0.3) is 0 Å². The van der Waals surface area contributed by atoms with Gasteiger partial charge < -0.3 is 15.4 Å². The summed E-state index contributed by atoms with van der Waals surface area (Å²) in [5.41, 5.74) is 0.647. The highest BCUT2D eigenvalue weighted by atomic mass is 16.5. The van der Waals surface area contributed by atoms with Crippen LogP contribution in [0.5, 0.6) is 5.75 Å². The van der Waals surface area contributed by atoms with Crippen molar-refractivity contribution in [1.29, 1.82) is 5.26 Å². The summed E-state index contributed by atoms with van der Waals surface area (Å²) in [7, 11) is 1.56. The van der Waals surface area contributed by atoms with Crippen molar-refractivity contribution in [2.24, 2.45) is 0 Å². The van der Waals surface area contributed by atoms with E-state index in [1.807, 2.05) is 6.07 Å². The fourth-order valence-electron chi connectivity index (χ4n) is 1.11. The van der Waals surface area contributed by atoms with Gasteiger partial charge in [-0.1, -0.05) is 6.07 Å². The van der Waals surface area contributed by atoms with Gasteiger partial charge in [0.2, 0.25) is 0 Å². The molecule has 1 aromatic carbocycles. The standard InChI is InChI=1S/C11H13N3O2/c1-16-10-5-2-4-9(8-10)14-11(15)13-7-3-6-12/h2,4-5,8H,3,7H2,1H3,(H2,13,14,15). The summed E-state index contributed by atoms with van der Waals surface area (Å²) >= 11 is 0. The Hall–Kier alpha value is -2.22. The Kier molecular flexibility index (Phi) is 4.67. The molecule has 2 N–H and O–H groups in total. The van der Waals surface area contributed by atoms with E-state index in [1.54, 1.807) is 31.4 Å². The highest BCUT2D eigenvalue weighted by molar-refractivity contribution is 5.89. The van der Waals surface area contributed by atoms with Crippen LogP contribution in [0.1, 0.15) is 6.42 Å². The van der Waals surface area contributed by atoms with E-state index in [2.05, 4.69) is 10.6 Å². The van der Waals surface area contributed by atoms with Gasteiger partial charge in [-0.2, -0.15) is 5.26 Å². The molecule has 0 atom stereocenters. The van der Waals surface area contributed by atoms with Crippen molar-refractivity contribution < 1.29 is 9.53 Å². The van der Waals surface area contributed by atoms with Crippen molar-refractivity contribution in [2.75, 3.05) is 19.0 Å². The van der Waals surface area contributed by atoms with E-state index in [1.165, 1.54) is 0 Å². The lowest BCUT2D eigenvalue weighted by molar-refractivity contribution is 0.252. The molecule has 16 heavy (non-hydrogen) atoms. The van der Waals surface area contributed by atoms with Crippen LogP contribution in [0.3, 0.4) is 0 Å². The number of nitrogens with one attached hydrogen (secondary N) is 2. The minimum Gasteiger partial charge on any atom is -0.497 e. The SMILES string of the molecule is COc1cccc(NC(=O)NCCC#N)c1. The number of ether oxygens (including phenoxy) is 1. The Morgan fingerprint density at radius 1 is 1.56 bits per heavy atom. The minimum absolute atomic E-state index is 0.297. The number of carbonyl (C=O) groups excluding carboxylic acids is 1. The first-order valence-electron chi connectivity index (χ1n) is 4.82. The lowest BCUT2D eigenvalue weighted by atomic mass is 10.3. The summed E-state index contributed by atoms with van der Waals surface area (Å²) in [6.45, 7) is 0.340. The van der Waals surface area contributed by atoms with Crippen molar-refractivity contribution in [3.63, 3.8) is 0 Å². The van der Waals surface area contributed by atoms with E-state index in [0.717, 1.165) is 0 Å². The fourth-order valence-corrected chi connectivity index (χ4v) is 1.11. The van der Waals surface area contributed by atoms with Crippen molar-refractivity contribution in [3.05, 3.63) is 24.3 Å². The molecule has 0 aliphatic carbocycles. The van der Waals surface area contributed by atoms with E-state index < -0.39 is 0 Å². The fraction of sp³-hybridized carbons (Fsp3) is 0.273. The largest absolute Gasteiger partial charge is 0.497 e. The average Bonchev–Trinajstić information content (AvgIpc) is 2.29. The van der Waals surface area contributed by atoms with E-state index in [9.17, 15) is 4.79 Å². The first kappa shape index (κ1) is 11.9. The van der Waals surface area contributed by atoms with E-state index in [0.29, 0.717) is 24.4 Å². The molecule has 0 spiro atoms. The van der Waals surface area contributed by atoms with Crippen molar-refractivity contribution in [2.45, 2.75) is 6.42 Å². The highest BCUT2D eigenvalue weighted by Crippen LogP contribution is 2.16. The van der Waals surface area contributed by atoms with Crippen LogP contribution in [0.2, 0.25) is 0 Å². The predicted molar refractivity (Wildman–Crippen MR) is 60.2 cm³/mol. The minimum atomic E-state index is -0.330. The van der Waals surface area contributed by atoms with Crippen LogP contribution in [0.15, 0.2) is 24.3 Å². The molecule has 0 unspecified atom stereocenters. The average molecular weight is 219 g/mol. The van der Waals surface area contributed by atoms with Gasteiger partial charge in [-0.3, -0.25) is 0 Å². The molecule has 1 rings (SSSR count). The summed E-state index contributed by atoms with van der Waals surface area (Å²) < 4.78 is 5.02. The van der Waals surface area contributed by atoms with Gasteiger partial charge in [-0.15, -0.1) is 0 Å². The van der Waals surface area contributed by atoms with Crippen LogP contribution < -0.4 is 15.4 Å². The number of nitrogens with zero attached hydrogens (tertiary/aromatic N) is 1. The molecular weight excluding hydrogens is 206 g/mol. The van der Waals surface area contributed by atoms with Gasteiger partial charge in [0.05, 0.1) is 19.6 Å². The lowest BCUT2D eigenvalue weighted by Gasteiger charge is -2.07. The second-order valence-electron chi connectivity index (χ2n) is 3.02. The molecule has 5 heteroatoms. The van der Waals surface area contributed by atoms with Crippen molar-refractivity contribution in [1.82, 2.24) is 5.32 Å². The van der Waals surface area contributed by atoms with E-state index in [-0.39, 0.29) is 6.03 Å². The normalized spacial score (nSPS) is 9.00. The third-order valence-electron chi connectivity index (χ3n) is 1.85. The van der Waals surface area contributed by atoms with Crippen molar-refractivity contribution >= 4 is 11.7 Å². The zero-order valence-corrected chi connectivity index (χ0v) is 8.99. The van der Waals surface area contributed by atoms with Gasteiger partial charge in [-0.05, 0) is 12.1 Å². The number of hydrogen-bond donors (Lipinski definition) is 2. The summed E-state index contributed by atoms with van der Waals surface area (Å²) in [4.78, 5) is 11.3. The van der Waals surface area contributed by atoms with Gasteiger partial charge in [0.1, 0.15) is 5.75 Å². The van der Waals surface area contributed by atoms with Crippen molar-refractivity contribution in [3.8, 4) is 11.8 Å². The zero-order valence-electron chi connectivity index (χ0n) is 8.99. The van der Waals surface area contributed by atoms with Crippen LogP contribution in [0, 0.1) is 11.3 Å². The number of hydrogen-bond acceptors (Lipinski definition) is 3. The molecule has 5 nitrogen and oxygen atoms in total. The number of urea groups is 1. The van der Waals surface area contributed by atoms with Crippen LogP contribution in [-0.4, -0.2) is 19.7 Å². The molecule has 1 aromatic rings. The summed E-state index contributed by atoms with van der Waals surface area (Å²) in [6, 6.07) is 8.65. The topological polar surface area (TPSA) is 74.2 Å². The Morgan fingerprint density at radius 3 is 3.06 bits per heavy atom. The molecule has 84 valence electrons. The summed E-state index contributed by atoms with van der Waals surface area (Å²) in [5, 5.41) is 13.5. The van der Waals surface area contributed by atoms with Gasteiger partial charge in [0, 0.05) is 18.3 Å². The highest BCUT2D eigenvalue weighted by Gasteiger charge is 2.01. The second-order valence-corrected chi connectivity index (χ2v) is 3.02. The second kappa shape index (κ2) is 6.30. The van der Waals surface area contributed by atoms with E-state index >= 15 is 0 Å². The van der Waals surface area contributed by atoms with Gasteiger partial charge in [0.15, 0.2) is 0 Å². The number of amides is 2. The van der Waals surface area contributed by atoms with Gasteiger partial charge in [-0.25, -0.2) is 4.79 Å².